The number of nitrogen functional groups attached to an aromatic ring is 1. The van der Waals surface area contributed by atoms with Gasteiger partial charge in [0.05, 0.1) is 28.7 Å². The number of hydrogen-bond acceptors (Lipinski definition) is 6. The average Bonchev–Trinajstić information content (AvgIpc) is 2.49. The van der Waals surface area contributed by atoms with E-state index in [1.165, 1.54) is 12.1 Å². The summed E-state index contributed by atoms with van der Waals surface area (Å²) in [6.45, 7) is 4.11. The van der Waals surface area contributed by atoms with E-state index in [0.29, 0.717) is 23.7 Å². The fourth-order valence-corrected chi connectivity index (χ4v) is 2.95. The van der Waals surface area contributed by atoms with Crippen LogP contribution in [0.15, 0.2) is 45.5 Å². The van der Waals surface area contributed by atoms with Crippen LogP contribution in [0.1, 0.15) is 12.5 Å². The minimum absolute atomic E-state index is 0.0984. The first-order valence-electron chi connectivity index (χ1n) is 6.94. The molecule has 0 aliphatic carbocycles. The molecule has 0 aliphatic rings. The van der Waals surface area contributed by atoms with E-state index in [4.69, 9.17) is 26.6 Å². The second kappa shape index (κ2) is 7.16. The molecule has 0 fully saturated rings. The number of nitrogens with zero attached hydrogens (tertiary/aromatic N) is 2. The zero-order chi connectivity index (χ0) is 17.9. The van der Waals surface area contributed by atoms with Crippen LogP contribution in [0.3, 0.4) is 0 Å². The molecule has 2 aromatic rings. The van der Waals surface area contributed by atoms with E-state index in [0.717, 1.165) is 11.6 Å². The predicted octanol–water partition coefficient (Wildman–Crippen LogP) is 4.29. The summed E-state index contributed by atoms with van der Waals surface area (Å²) in [4.78, 5) is -0.426. The highest BCUT2D eigenvalue weighted by molar-refractivity contribution is 7.86. The summed E-state index contributed by atoms with van der Waals surface area (Å²) < 4.78 is 37.1. The Morgan fingerprint density at radius 1 is 1.25 bits per heavy atom. The molecule has 24 heavy (non-hydrogen) atoms. The van der Waals surface area contributed by atoms with Crippen LogP contribution in [0.4, 0.5) is 17.1 Å². The van der Waals surface area contributed by atoms with Crippen LogP contribution in [-0.2, 0) is 10.1 Å². The van der Waals surface area contributed by atoms with Gasteiger partial charge in [-0.3, -0.25) is 4.55 Å². The molecule has 0 unspecified atom stereocenters. The number of nitrogens with two attached hydrogens (primary N) is 1. The van der Waals surface area contributed by atoms with E-state index in [2.05, 4.69) is 10.2 Å². The number of hydrogen-bond donors (Lipinski definition) is 2. The highest BCUT2D eigenvalue weighted by Gasteiger charge is 2.15. The first kappa shape index (κ1) is 18.2. The molecule has 2 aromatic carbocycles. The summed E-state index contributed by atoms with van der Waals surface area (Å²) in [6.07, 6.45) is 0. The number of benzene rings is 2. The van der Waals surface area contributed by atoms with E-state index >= 15 is 0 Å². The molecular weight excluding hydrogens is 354 g/mol. The third-order valence-corrected chi connectivity index (χ3v) is 4.43. The normalized spacial score (nSPS) is 11.8. The molecule has 0 saturated heterocycles. The van der Waals surface area contributed by atoms with Gasteiger partial charge in [-0.05, 0) is 43.7 Å². The maximum Gasteiger partial charge on any atom is 0.296 e. The highest BCUT2D eigenvalue weighted by atomic mass is 35.5. The Labute approximate surface area is 144 Å². The van der Waals surface area contributed by atoms with Crippen molar-refractivity contribution in [1.82, 2.24) is 0 Å². The molecule has 128 valence electrons. The standard InChI is InChI=1S/C15H16ClN3O4S/c1-3-23-14-8-13(9(2)6-12(14)17)19-18-10-4-5-11(16)15(7-10)24(20,21)22/h4-8H,3,17H2,1-2H3,(H,20,21,22). The van der Waals surface area contributed by atoms with E-state index in [-0.39, 0.29) is 10.7 Å². The van der Waals surface area contributed by atoms with Crippen LogP contribution in [-0.4, -0.2) is 19.6 Å². The van der Waals surface area contributed by atoms with Gasteiger partial charge < -0.3 is 10.5 Å². The first-order valence-corrected chi connectivity index (χ1v) is 8.76. The Bertz CT molecular complexity index is 898. The molecule has 2 rings (SSSR count). The van der Waals surface area contributed by atoms with Gasteiger partial charge in [-0.15, -0.1) is 0 Å². The zero-order valence-electron chi connectivity index (χ0n) is 13.0. The average molecular weight is 370 g/mol. The van der Waals surface area contributed by atoms with Crippen molar-refractivity contribution in [1.29, 1.82) is 0 Å². The van der Waals surface area contributed by atoms with Gasteiger partial charge in [-0.25, -0.2) is 0 Å². The van der Waals surface area contributed by atoms with Crippen LogP contribution in [0.5, 0.6) is 5.75 Å². The quantitative estimate of drug-likeness (QED) is 0.463. The van der Waals surface area contributed by atoms with Crippen molar-refractivity contribution >= 4 is 38.8 Å². The van der Waals surface area contributed by atoms with Crippen LogP contribution < -0.4 is 10.5 Å². The Kier molecular flexibility index (Phi) is 5.43. The maximum absolute atomic E-state index is 11.3. The van der Waals surface area contributed by atoms with Crippen LogP contribution in [0.25, 0.3) is 0 Å². The predicted molar refractivity (Wildman–Crippen MR) is 92.2 cm³/mol. The van der Waals surface area contributed by atoms with E-state index in [1.807, 2.05) is 13.8 Å². The van der Waals surface area contributed by atoms with E-state index in [9.17, 15) is 8.42 Å². The van der Waals surface area contributed by atoms with E-state index in [1.54, 1.807) is 12.1 Å². The molecule has 0 amide bonds. The summed E-state index contributed by atoms with van der Waals surface area (Å²) in [5, 5.41) is 7.96. The lowest BCUT2D eigenvalue weighted by molar-refractivity contribution is 0.342. The van der Waals surface area contributed by atoms with Crippen molar-refractivity contribution in [2.75, 3.05) is 12.3 Å². The number of aryl methyl sites for hydroxylation is 1. The number of azo groups is 1. The number of ether oxygens (including phenoxy) is 1. The third kappa shape index (κ3) is 4.22. The number of halogens is 1. The van der Waals surface area contributed by atoms with Gasteiger partial charge in [0.25, 0.3) is 10.1 Å². The van der Waals surface area contributed by atoms with Crippen molar-refractivity contribution in [2.24, 2.45) is 10.2 Å². The van der Waals surface area contributed by atoms with Gasteiger partial charge in [0.2, 0.25) is 0 Å². The Hall–Kier alpha value is -2.16. The summed E-state index contributed by atoms with van der Waals surface area (Å²) >= 11 is 5.75. The highest BCUT2D eigenvalue weighted by Crippen LogP contribution is 2.33. The molecule has 3 N–H and O–H groups in total. The molecule has 0 spiro atoms. The number of rotatable bonds is 5. The van der Waals surface area contributed by atoms with Crippen LogP contribution in [0.2, 0.25) is 5.02 Å². The number of anilines is 1. The van der Waals surface area contributed by atoms with Crippen LogP contribution >= 0.6 is 11.6 Å². The SMILES string of the molecule is CCOc1cc(N=Nc2ccc(Cl)c(S(=O)(=O)O)c2)c(C)cc1N. The fourth-order valence-electron chi connectivity index (χ4n) is 1.95. The first-order chi connectivity index (χ1) is 11.2. The zero-order valence-corrected chi connectivity index (χ0v) is 14.6. The van der Waals surface area contributed by atoms with E-state index < -0.39 is 15.0 Å². The summed E-state index contributed by atoms with van der Waals surface area (Å²) in [6, 6.07) is 7.30. The van der Waals surface area contributed by atoms with Crippen molar-refractivity contribution in [3.63, 3.8) is 0 Å². The second-order valence-electron chi connectivity index (χ2n) is 4.90. The van der Waals surface area contributed by atoms with Gasteiger partial charge >= 0.3 is 0 Å². The fraction of sp³-hybridized carbons (Fsp3) is 0.200. The van der Waals surface area contributed by atoms with Crippen LogP contribution in [0, 0.1) is 6.92 Å². The molecule has 0 aromatic heterocycles. The molecule has 0 heterocycles. The van der Waals surface area contributed by atoms with Crippen molar-refractivity contribution in [3.8, 4) is 5.75 Å². The summed E-state index contributed by atoms with van der Waals surface area (Å²) in [5.74, 6) is 0.492. The Balaban J connectivity index is 2.40. The summed E-state index contributed by atoms with van der Waals surface area (Å²) in [5.41, 5.74) is 7.88. The second-order valence-corrected chi connectivity index (χ2v) is 6.70. The lowest BCUT2D eigenvalue weighted by atomic mass is 10.1. The molecule has 0 saturated carbocycles. The molecule has 0 atom stereocenters. The third-order valence-electron chi connectivity index (χ3n) is 3.09. The Morgan fingerprint density at radius 2 is 1.96 bits per heavy atom. The van der Waals surface area contributed by atoms with Gasteiger partial charge in [-0.2, -0.15) is 18.6 Å². The largest absolute Gasteiger partial charge is 0.492 e. The van der Waals surface area contributed by atoms with Crippen molar-refractivity contribution < 1.29 is 17.7 Å². The molecule has 0 aliphatic heterocycles. The minimum atomic E-state index is -4.44. The van der Waals surface area contributed by atoms with Crippen molar-refractivity contribution in [2.45, 2.75) is 18.7 Å². The molecule has 9 heteroatoms. The molecule has 0 bridgehead atoms. The lowest BCUT2D eigenvalue weighted by Crippen LogP contribution is -1.98. The minimum Gasteiger partial charge on any atom is -0.492 e. The van der Waals surface area contributed by atoms with Crippen molar-refractivity contribution in [3.05, 3.63) is 40.9 Å². The van der Waals surface area contributed by atoms with Gasteiger partial charge in [0, 0.05) is 6.07 Å². The Morgan fingerprint density at radius 3 is 2.58 bits per heavy atom. The maximum atomic E-state index is 11.3. The molecule has 0 radical (unpaired) electrons. The lowest BCUT2D eigenvalue weighted by Gasteiger charge is -2.09. The molecular formula is C15H16ClN3O4S. The smallest absolute Gasteiger partial charge is 0.296 e. The molecule has 7 nitrogen and oxygen atoms in total. The monoisotopic (exact) mass is 369 g/mol. The van der Waals surface area contributed by atoms with Gasteiger partial charge in [0.15, 0.2) is 0 Å². The topological polar surface area (TPSA) is 114 Å². The summed E-state index contributed by atoms with van der Waals surface area (Å²) in [7, 11) is -4.44. The van der Waals surface area contributed by atoms with Gasteiger partial charge in [0.1, 0.15) is 10.6 Å². The van der Waals surface area contributed by atoms with Gasteiger partial charge in [-0.1, -0.05) is 11.6 Å².